The normalized spacial score (nSPS) is 9.47. The van der Waals surface area contributed by atoms with Crippen LogP contribution in [0.5, 0.6) is 0 Å². The lowest BCUT2D eigenvalue weighted by atomic mass is 10.2. The van der Waals surface area contributed by atoms with Crippen LogP contribution in [-0.2, 0) is 9.53 Å². The van der Waals surface area contributed by atoms with Crippen molar-refractivity contribution in [2.24, 2.45) is 5.11 Å². The van der Waals surface area contributed by atoms with Gasteiger partial charge in [0, 0.05) is 23.2 Å². The molecule has 0 unspecified atom stereocenters. The first-order valence-corrected chi connectivity index (χ1v) is 5.28. The Balaban J connectivity index is 2.73. The average Bonchev–Trinajstić information content (AvgIpc) is 2.40. The molecule has 19 heavy (non-hydrogen) atoms. The van der Waals surface area contributed by atoms with Crippen molar-refractivity contribution in [1.29, 1.82) is 0 Å². The molecule has 0 saturated heterocycles. The SMILES string of the molecule is [N-]=[N+]=Nc1ccc(NCCOCC=O)c([N+](=O)[O-])c1. The van der Waals surface area contributed by atoms with Gasteiger partial charge in [-0.2, -0.15) is 0 Å². The van der Waals surface area contributed by atoms with Crippen molar-refractivity contribution >= 4 is 23.3 Å². The molecule has 1 rings (SSSR count). The zero-order chi connectivity index (χ0) is 14.1. The van der Waals surface area contributed by atoms with Crippen LogP contribution in [0.4, 0.5) is 17.1 Å². The Morgan fingerprint density at radius 1 is 1.58 bits per heavy atom. The van der Waals surface area contributed by atoms with Crippen molar-refractivity contribution in [2.75, 3.05) is 25.1 Å². The molecule has 1 aromatic carbocycles. The number of hydrogen-bond donors (Lipinski definition) is 1. The van der Waals surface area contributed by atoms with Crippen molar-refractivity contribution in [3.8, 4) is 0 Å². The molecule has 1 N–H and O–H groups in total. The van der Waals surface area contributed by atoms with E-state index in [9.17, 15) is 14.9 Å². The van der Waals surface area contributed by atoms with Crippen molar-refractivity contribution < 1.29 is 14.5 Å². The molecule has 0 spiro atoms. The number of rotatable bonds is 8. The van der Waals surface area contributed by atoms with Crippen molar-refractivity contribution in [3.63, 3.8) is 0 Å². The maximum absolute atomic E-state index is 10.9. The van der Waals surface area contributed by atoms with E-state index < -0.39 is 4.92 Å². The minimum Gasteiger partial charge on any atom is -0.377 e. The molecule has 0 atom stereocenters. The average molecular weight is 265 g/mol. The Bertz CT molecular complexity index is 513. The van der Waals surface area contributed by atoms with Gasteiger partial charge in [-0.1, -0.05) is 11.2 Å². The minimum atomic E-state index is -0.578. The van der Waals surface area contributed by atoms with Crippen LogP contribution in [0, 0.1) is 10.1 Å². The predicted octanol–water partition coefficient (Wildman–Crippen LogP) is 2.16. The van der Waals surface area contributed by atoms with Crippen LogP contribution in [0.1, 0.15) is 0 Å². The van der Waals surface area contributed by atoms with Gasteiger partial charge in [-0.05, 0) is 11.6 Å². The van der Waals surface area contributed by atoms with E-state index in [1.165, 1.54) is 18.2 Å². The number of aldehydes is 1. The third kappa shape index (κ3) is 4.62. The summed E-state index contributed by atoms with van der Waals surface area (Å²) >= 11 is 0. The van der Waals surface area contributed by atoms with Gasteiger partial charge in [0.15, 0.2) is 0 Å². The maximum atomic E-state index is 10.9. The quantitative estimate of drug-likeness (QED) is 0.146. The van der Waals surface area contributed by atoms with E-state index in [4.69, 9.17) is 10.3 Å². The molecule has 1 aromatic rings. The van der Waals surface area contributed by atoms with Crippen LogP contribution in [0.2, 0.25) is 0 Å². The summed E-state index contributed by atoms with van der Waals surface area (Å²) in [6.07, 6.45) is 0.622. The van der Waals surface area contributed by atoms with E-state index in [1.807, 2.05) is 0 Å². The lowest BCUT2D eigenvalue weighted by Gasteiger charge is -2.07. The zero-order valence-corrected chi connectivity index (χ0v) is 9.85. The summed E-state index contributed by atoms with van der Waals surface area (Å²) in [5, 5.41) is 17.0. The fourth-order valence-corrected chi connectivity index (χ4v) is 1.32. The molecule has 0 aromatic heterocycles. The van der Waals surface area contributed by atoms with Gasteiger partial charge in [0.05, 0.1) is 11.5 Å². The summed E-state index contributed by atoms with van der Waals surface area (Å²) in [5.41, 5.74) is 8.53. The number of nitro benzene ring substituents is 1. The summed E-state index contributed by atoms with van der Waals surface area (Å²) in [6.45, 7) is 0.545. The van der Waals surface area contributed by atoms with E-state index in [2.05, 4.69) is 15.3 Å². The number of nitrogens with zero attached hydrogens (tertiary/aromatic N) is 4. The summed E-state index contributed by atoms with van der Waals surface area (Å²) in [7, 11) is 0. The lowest BCUT2D eigenvalue weighted by Crippen LogP contribution is -2.11. The molecule has 0 aliphatic carbocycles. The van der Waals surface area contributed by atoms with E-state index in [0.717, 1.165) is 0 Å². The highest BCUT2D eigenvalue weighted by Gasteiger charge is 2.13. The van der Waals surface area contributed by atoms with Crippen LogP contribution < -0.4 is 5.32 Å². The second kappa shape index (κ2) is 7.64. The standard InChI is InChI=1S/C10H11N5O4/c11-14-13-8-1-2-9(10(7-8)15(17)18)12-3-5-19-6-4-16/h1-2,4,7,12H,3,5-6H2. The van der Waals surface area contributed by atoms with E-state index in [1.54, 1.807) is 0 Å². The maximum Gasteiger partial charge on any atom is 0.292 e. The fraction of sp³-hybridized carbons (Fsp3) is 0.300. The first-order valence-electron chi connectivity index (χ1n) is 5.28. The summed E-state index contributed by atoms with van der Waals surface area (Å²) < 4.78 is 4.90. The van der Waals surface area contributed by atoms with Gasteiger partial charge in [-0.3, -0.25) is 10.1 Å². The molecule has 0 saturated carbocycles. The third-order valence-corrected chi connectivity index (χ3v) is 2.09. The fourth-order valence-electron chi connectivity index (χ4n) is 1.32. The van der Waals surface area contributed by atoms with Gasteiger partial charge >= 0.3 is 0 Å². The summed E-state index contributed by atoms with van der Waals surface area (Å²) in [6, 6.07) is 4.08. The molecular formula is C10H11N5O4. The number of hydrogen-bond acceptors (Lipinski definition) is 6. The van der Waals surface area contributed by atoms with Crippen molar-refractivity contribution in [1.82, 2.24) is 0 Å². The second-order valence-electron chi connectivity index (χ2n) is 3.32. The number of azide groups is 1. The molecule has 9 nitrogen and oxygen atoms in total. The number of anilines is 1. The molecule has 0 amide bonds. The summed E-state index contributed by atoms with van der Waals surface area (Å²) in [4.78, 5) is 22.9. The van der Waals surface area contributed by atoms with Crippen LogP contribution in [0.25, 0.3) is 10.4 Å². The van der Waals surface area contributed by atoms with Gasteiger partial charge in [-0.15, -0.1) is 0 Å². The number of carbonyl (C=O) groups is 1. The van der Waals surface area contributed by atoms with Gasteiger partial charge in [0.25, 0.3) is 5.69 Å². The van der Waals surface area contributed by atoms with Gasteiger partial charge in [0.1, 0.15) is 18.6 Å². The number of ether oxygens (including phenoxy) is 1. The Labute approximate surface area is 108 Å². The minimum absolute atomic E-state index is 0.0143. The second-order valence-corrected chi connectivity index (χ2v) is 3.32. The molecule has 0 fully saturated rings. The molecule has 0 radical (unpaired) electrons. The summed E-state index contributed by atoms with van der Waals surface area (Å²) in [5.74, 6) is 0. The Hall–Kier alpha value is -2.64. The number of benzene rings is 1. The third-order valence-electron chi connectivity index (χ3n) is 2.09. The van der Waals surface area contributed by atoms with Crippen LogP contribution >= 0.6 is 0 Å². The largest absolute Gasteiger partial charge is 0.377 e. The Morgan fingerprint density at radius 3 is 3.00 bits per heavy atom. The van der Waals surface area contributed by atoms with Crippen molar-refractivity contribution in [3.05, 3.63) is 38.8 Å². The number of nitro groups is 1. The number of nitrogens with one attached hydrogen (secondary N) is 1. The lowest BCUT2D eigenvalue weighted by molar-refractivity contribution is -0.383. The monoisotopic (exact) mass is 265 g/mol. The van der Waals surface area contributed by atoms with Crippen molar-refractivity contribution in [2.45, 2.75) is 0 Å². The molecule has 0 aliphatic heterocycles. The molecule has 0 bridgehead atoms. The highest BCUT2D eigenvalue weighted by atomic mass is 16.6. The van der Waals surface area contributed by atoms with Gasteiger partial charge in [-0.25, -0.2) is 0 Å². The van der Waals surface area contributed by atoms with Gasteiger partial charge in [0.2, 0.25) is 0 Å². The van der Waals surface area contributed by atoms with Gasteiger partial charge < -0.3 is 14.8 Å². The van der Waals surface area contributed by atoms with E-state index >= 15 is 0 Å². The highest BCUT2D eigenvalue weighted by Crippen LogP contribution is 2.29. The Kier molecular flexibility index (Phi) is 5.80. The van der Waals surface area contributed by atoms with E-state index in [-0.39, 0.29) is 30.3 Å². The first-order chi connectivity index (χ1) is 9.19. The highest BCUT2D eigenvalue weighted by molar-refractivity contribution is 5.66. The van der Waals surface area contributed by atoms with E-state index in [0.29, 0.717) is 12.8 Å². The smallest absolute Gasteiger partial charge is 0.292 e. The van der Waals surface area contributed by atoms with Crippen LogP contribution in [0.15, 0.2) is 23.3 Å². The molecule has 0 heterocycles. The first kappa shape index (κ1) is 14.4. The molecule has 9 heteroatoms. The number of carbonyl (C=O) groups excluding carboxylic acids is 1. The molecular weight excluding hydrogens is 254 g/mol. The Morgan fingerprint density at radius 2 is 2.37 bits per heavy atom. The van der Waals surface area contributed by atoms with Crippen LogP contribution in [-0.4, -0.2) is 31.0 Å². The van der Waals surface area contributed by atoms with Crippen LogP contribution in [0.3, 0.4) is 0 Å². The molecule has 100 valence electrons. The zero-order valence-electron chi connectivity index (χ0n) is 9.85. The predicted molar refractivity (Wildman–Crippen MR) is 67.3 cm³/mol. The topological polar surface area (TPSA) is 130 Å². The molecule has 0 aliphatic rings.